The van der Waals surface area contributed by atoms with E-state index >= 15 is 0 Å². The fourth-order valence-corrected chi connectivity index (χ4v) is 2.05. The van der Waals surface area contributed by atoms with Crippen molar-refractivity contribution in [3.8, 4) is 0 Å². The zero-order valence-corrected chi connectivity index (χ0v) is 9.55. The van der Waals surface area contributed by atoms with Crippen LogP contribution in [0.1, 0.15) is 38.2 Å². The van der Waals surface area contributed by atoms with Crippen LogP contribution in [0.4, 0.5) is 0 Å². The summed E-state index contributed by atoms with van der Waals surface area (Å²) in [6, 6.07) is 8.52. The number of hydrogen-bond acceptors (Lipinski definition) is 1. The predicted octanol–water partition coefficient (Wildman–Crippen LogP) is 4.34. The Bertz CT molecular complexity index is 400. The lowest BCUT2D eigenvalue weighted by atomic mass is 10.1. The zero-order chi connectivity index (χ0) is 10.7. The van der Waals surface area contributed by atoms with E-state index in [9.17, 15) is 0 Å². The molecule has 2 aromatic rings. The molecule has 1 heterocycles. The summed E-state index contributed by atoms with van der Waals surface area (Å²) in [7, 11) is 0. The molecule has 1 aromatic heterocycles. The lowest BCUT2D eigenvalue weighted by Gasteiger charge is -1.93. The Morgan fingerprint density at radius 1 is 0.867 bits per heavy atom. The van der Waals surface area contributed by atoms with Crippen LogP contribution >= 0.6 is 0 Å². The fraction of sp³-hybridized carbons (Fsp3) is 0.429. The molecule has 1 aromatic carbocycles. The van der Waals surface area contributed by atoms with Gasteiger partial charge in [0.15, 0.2) is 0 Å². The molecule has 1 nitrogen and oxygen atoms in total. The van der Waals surface area contributed by atoms with Crippen molar-refractivity contribution < 1.29 is 4.42 Å². The van der Waals surface area contributed by atoms with Crippen molar-refractivity contribution in [2.75, 3.05) is 0 Å². The van der Waals surface area contributed by atoms with Crippen molar-refractivity contribution in [2.24, 2.45) is 0 Å². The highest BCUT2D eigenvalue weighted by Crippen LogP contribution is 2.27. The van der Waals surface area contributed by atoms with Gasteiger partial charge in [0.05, 0.1) is 0 Å². The van der Waals surface area contributed by atoms with Gasteiger partial charge >= 0.3 is 0 Å². The Hall–Kier alpha value is -1.24. The molecule has 1 heteroatoms. The van der Waals surface area contributed by atoms with Crippen LogP contribution in [0.15, 0.2) is 28.7 Å². The van der Waals surface area contributed by atoms with Crippen LogP contribution < -0.4 is 0 Å². The van der Waals surface area contributed by atoms with Gasteiger partial charge in [-0.2, -0.15) is 0 Å². The van der Waals surface area contributed by atoms with Gasteiger partial charge in [-0.05, 0) is 12.8 Å². The molecule has 0 aliphatic heterocycles. The summed E-state index contributed by atoms with van der Waals surface area (Å²) in [6.07, 6.45) is 4.38. The minimum absolute atomic E-state index is 1.05. The lowest BCUT2D eigenvalue weighted by molar-refractivity contribution is 0.466. The second-order valence-electron chi connectivity index (χ2n) is 3.99. The normalized spacial score (nSPS) is 11.1. The molecule has 0 saturated carbocycles. The summed E-state index contributed by atoms with van der Waals surface area (Å²) in [5, 5.41) is 2.62. The van der Waals surface area contributed by atoms with E-state index in [-0.39, 0.29) is 0 Å². The minimum atomic E-state index is 1.05. The predicted molar refractivity (Wildman–Crippen MR) is 64.2 cm³/mol. The van der Waals surface area contributed by atoms with Crippen LogP contribution in [0.3, 0.4) is 0 Å². The van der Waals surface area contributed by atoms with E-state index in [4.69, 9.17) is 4.42 Å². The Balaban J connectivity index is 2.52. The highest BCUT2D eigenvalue weighted by molar-refractivity contribution is 5.86. The first-order chi connectivity index (χ1) is 7.36. The van der Waals surface area contributed by atoms with Crippen molar-refractivity contribution in [2.45, 2.75) is 39.5 Å². The number of fused-ring (bicyclic) bond motifs is 1. The van der Waals surface area contributed by atoms with Gasteiger partial charge in [0.25, 0.3) is 0 Å². The van der Waals surface area contributed by atoms with Gasteiger partial charge in [-0.1, -0.05) is 38.1 Å². The van der Waals surface area contributed by atoms with Crippen LogP contribution in [0.2, 0.25) is 0 Å². The van der Waals surface area contributed by atoms with Crippen LogP contribution in [0, 0.1) is 0 Å². The molecule has 0 aliphatic rings. The van der Waals surface area contributed by atoms with Gasteiger partial charge in [-0.3, -0.25) is 0 Å². The van der Waals surface area contributed by atoms with Crippen LogP contribution in [-0.4, -0.2) is 0 Å². The topological polar surface area (TPSA) is 13.1 Å². The molecule has 0 bridgehead atoms. The summed E-state index contributed by atoms with van der Waals surface area (Å²) < 4.78 is 5.95. The smallest absolute Gasteiger partial charge is 0.112 e. The first-order valence-corrected chi connectivity index (χ1v) is 5.86. The first-order valence-electron chi connectivity index (χ1n) is 5.86. The minimum Gasteiger partial charge on any atom is -0.465 e. The van der Waals surface area contributed by atoms with Gasteiger partial charge in [0, 0.05) is 23.6 Å². The molecule has 0 N–H and O–H groups in total. The van der Waals surface area contributed by atoms with E-state index in [0.717, 1.165) is 37.2 Å². The molecule has 0 atom stereocenters. The molecular formula is C14H18O. The first kappa shape index (κ1) is 10.3. The number of rotatable bonds is 4. The molecule has 0 spiro atoms. The zero-order valence-electron chi connectivity index (χ0n) is 9.55. The largest absolute Gasteiger partial charge is 0.465 e. The highest BCUT2D eigenvalue weighted by atomic mass is 16.3. The van der Waals surface area contributed by atoms with E-state index in [1.165, 1.54) is 10.8 Å². The molecule has 2 rings (SSSR count). The van der Waals surface area contributed by atoms with E-state index in [1.807, 2.05) is 0 Å². The average Bonchev–Trinajstić information content (AvgIpc) is 2.59. The van der Waals surface area contributed by atoms with Crippen molar-refractivity contribution in [3.05, 3.63) is 35.8 Å². The summed E-state index contributed by atoms with van der Waals surface area (Å²) in [4.78, 5) is 0. The third-order valence-corrected chi connectivity index (χ3v) is 2.73. The molecule has 0 fully saturated rings. The van der Waals surface area contributed by atoms with E-state index < -0.39 is 0 Å². The van der Waals surface area contributed by atoms with Gasteiger partial charge < -0.3 is 4.42 Å². The fourth-order valence-electron chi connectivity index (χ4n) is 2.05. The van der Waals surface area contributed by atoms with E-state index in [0.29, 0.717) is 0 Å². The lowest BCUT2D eigenvalue weighted by Crippen LogP contribution is -1.79. The molecule has 0 radical (unpaired) electrons. The number of benzene rings is 1. The Labute approximate surface area is 91.1 Å². The van der Waals surface area contributed by atoms with Crippen molar-refractivity contribution in [3.63, 3.8) is 0 Å². The second kappa shape index (κ2) is 4.52. The summed E-state index contributed by atoms with van der Waals surface area (Å²) in [5.41, 5.74) is 0. The Morgan fingerprint density at radius 3 is 1.73 bits per heavy atom. The summed E-state index contributed by atoms with van der Waals surface area (Å²) in [6.45, 7) is 4.38. The van der Waals surface area contributed by atoms with Crippen LogP contribution in [0.5, 0.6) is 0 Å². The van der Waals surface area contributed by atoms with Crippen LogP contribution in [-0.2, 0) is 12.8 Å². The van der Waals surface area contributed by atoms with Gasteiger partial charge in [0.1, 0.15) is 11.5 Å². The third-order valence-electron chi connectivity index (χ3n) is 2.73. The Morgan fingerprint density at radius 2 is 1.33 bits per heavy atom. The molecular weight excluding hydrogens is 184 g/mol. The number of furan rings is 1. The van der Waals surface area contributed by atoms with Gasteiger partial charge in [0.2, 0.25) is 0 Å². The monoisotopic (exact) mass is 202 g/mol. The maximum absolute atomic E-state index is 5.95. The molecule has 0 saturated heterocycles. The average molecular weight is 202 g/mol. The summed E-state index contributed by atoms with van der Waals surface area (Å²) >= 11 is 0. The maximum atomic E-state index is 5.95. The highest BCUT2D eigenvalue weighted by Gasteiger charge is 2.10. The third kappa shape index (κ3) is 1.92. The van der Waals surface area contributed by atoms with Gasteiger partial charge in [-0.25, -0.2) is 0 Å². The van der Waals surface area contributed by atoms with Crippen molar-refractivity contribution >= 4 is 10.8 Å². The van der Waals surface area contributed by atoms with Crippen molar-refractivity contribution in [1.82, 2.24) is 0 Å². The van der Waals surface area contributed by atoms with Crippen LogP contribution in [0.25, 0.3) is 10.8 Å². The standard InChI is InChI=1S/C14H18O/c1-3-7-13-11-9-5-6-10-12(11)14(15-13)8-4-2/h5-6,9-10H,3-4,7-8H2,1-2H3. The maximum Gasteiger partial charge on any atom is 0.112 e. The quantitative estimate of drug-likeness (QED) is 0.719. The molecule has 0 unspecified atom stereocenters. The summed E-state index contributed by atoms with van der Waals surface area (Å²) in [5.74, 6) is 2.33. The van der Waals surface area contributed by atoms with E-state index in [1.54, 1.807) is 0 Å². The number of aryl methyl sites for hydroxylation is 2. The van der Waals surface area contributed by atoms with E-state index in [2.05, 4.69) is 38.1 Å². The molecule has 15 heavy (non-hydrogen) atoms. The Kier molecular flexibility index (Phi) is 3.10. The molecule has 0 amide bonds. The molecule has 80 valence electrons. The van der Waals surface area contributed by atoms with Gasteiger partial charge in [-0.15, -0.1) is 0 Å². The SMILES string of the molecule is CCCc1oc(CCC)c2ccccc12. The number of hydrogen-bond donors (Lipinski definition) is 0. The van der Waals surface area contributed by atoms with Crippen molar-refractivity contribution in [1.29, 1.82) is 0 Å². The molecule has 0 aliphatic carbocycles. The second-order valence-corrected chi connectivity index (χ2v) is 3.99.